The van der Waals surface area contributed by atoms with Crippen LogP contribution in [0.25, 0.3) is 0 Å². The Morgan fingerprint density at radius 2 is 2.24 bits per heavy atom. The zero-order valence-electron chi connectivity index (χ0n) is 9.27. The minimum Gasteiger partial charge on any atom is -0.497 e. The van der Waals surface area contributed by atoms with Gasteiger partial charge in [0, 0.05) is 10.0 Å². The summed E-state index contributed by atoms with van der Waals surface area (Å²) >= 11 is 3.36. The van der Waals surface area contributed by atoms with Gasteiger partial charge in [-0.15, -0.1) is 0 Å². The summed E-state index contributed by atoms with van der Waals surface area (Å²) in [6.07, 6.45) is 1.81. The number of carbonyl (C=O) groups is 1. The van der Waals surface area contributed by atoms with Gasteiger partial charge in [-0.2, -0.15) is 0 Å². The maximum atomic E-state index is 12.1. The van der Waals surface area contributed by atoms with Gasteiger partial charge in [0.15, 0.2) is 5.78 Å². The number of Topliss-reactive ketones (excluding diaryl/α,β-unsaturated/α-hetero) is 1. The van der Waals surface area contributed by atoms with E-state index in [-0.39, 0.29) is 12.2 Å². The number of hydrogen-bond donors (Lipinski definition) is 0. The molecule has 1 aromatic carbocycles. The highest BCUT2D eigenvalue weighted by atomic mass is 79.9. The maximum Gasteiger partial charge on any atom is 0.171 e. The number of carbonyl (C=O) groups excluding carboxylic acids is 1. The van der Waals surface area contributed by atoms with Crippen molar-refractivity contribution in [1.29, 1.82) is 0 Å². The first kappa shape index (κ1) is 11.9. The molecule has 0 N–H and O–H groups in total. The van der Waals surface area contributed by atoms with Crippen LogP contribution in [-0.2, 0) is 6.42 Å². The third kappa shape index (κ3) is 2.77. The van der Waals surface area contributed by atoms with E-state index in [2.05, 4.69) is 15.9 Å². The Labute approximate surface area is 108 Å². The summed E-state index contributed by atoms with van der Waals surface area (Å²) in [5.74, 6) is 1.31. The van der Waals surface area contributed by atoms with Crippen molar-refractivity contribution in [1.82, 2.24) is 0 Å². The van der Waals surface area contributed by atoms with E-state index in [9.17, 15) is 4.79 Å². The third-order valence-corrected chi connectivity index (χ3v) is 3.08. The van der Waals surface area contributed by atoms with E-state index in [0.717, 1.165) is 4.47 Å². The number of methoxy groups -OCH3 is 1. The second kappa shape index (κ2) is 5.19. The fourth-order valence-corrected chi connectivity index (χ4v) is 1.98. The van der Waals surface area contributed by atoms with Gasteiger partial charge >= 0.3 is 0 Å². The van der Waals surface area contributed by atoms with Crippen LogP contribution in [0.15, 0.2) is 45.5 Å². The summed E-state index contributed by atoms with van der Waals surface area (Å²) in [5.41, 5.74) is 0.598. The molecule has 88 valence electrons. The Morgan fingerprint density at radius 1 is 1.41 bits per heavy atom. The molecule has 0 bridgehead atoms. The fourth-order valence-electron chi connectivity index (χ4n) is 1.51. The molecule has 3 nitrogen and oxygen atoms in total. The van der Waals surface area contributed by atoms with E-state index in [1.807, 2.05) is 0 Å². The molecular weight excluding hydrogens is 284 g/mol. The molecule has 0 unspecified atom stereocenters. The zero-order valence-corrected chi connectivity index (χ0v) is 10.9. The van der Waals surface area contributed by atoms with Crippen LogP contribution in [0.4, 0.5) is 0 Å². The molecular formula is C13H11BrO3. The molecule has 0 fully saturated rings. The first-order chi connectivity index (χ1) is 8.20. The Hall–Kier alpha value is -1.55. The van der Waals surface area contributed by atoms with E-state index in [4.69, 9.17) is 9.15 Å². The minimum atomic E-state index is -0.00859. The van der Waals surface area contributed by atoms with Gasteiger partial charge in [0.2, 0.25) is 0 Å². The van der Waals surface area contributed by atoms with Crippen molar-refractivity contribution in [3.05, 3.63) is 52.4 Å². The lowest BCUT2D eigenvalue weighted by molar-refractivity contribution is 0.0986. The van der Waals surface area contributed by atoms with Gasteiger partial charge in [-0.1, -0.05) is 15.9 Å². The van der Waals surface area contributed by atoms with Gasteiger partial charge in [0.05, 0.1) is 19.8 Å². The quantitative estimate of drug-likeness (QED) is 0.811. The molecule has 0 amide bonds. The molecule has 0 aliphatic rings. The monoisotopic (exact) mass is 294 g/mol. The van der Waals surface area contributed by atoms with Crippen LogP contribution in [0.5, 0.6) is 5.75 Å². The van der Waals surface area contributed by atoms with Gasteiger partial charge in [0.1, 0.15) is 11.5 Å². The van der Waals surface area contributed by atoms with Crippen LogP contribution in [0, 0.1) is 0 Å². The lowest BCUT2D eigenvalue weighted by Crippen LogP contribution is -2.04. The maximum absolute atomic E-state index is 12.1. The lowest BCUT2D eigenvalue weighted by Gasteiger charge is -2.05. The molecule has 0 saturated carbocycles. The highest BCUT2D eigenvalue weighted by molar-refractivity contribution is 9.10. The fraction of sp³-hybridized carbons (Fsp3) is 0.154. The van der Waals surface area contributed by atoms with E-state index in [0.29, 0.717) is 17.1 Å². The number of furan rings is 1. The van der Waals surface area contributed by atoms with Crippen LogP contribution in [0.1, 0.15) is 16.1 Å². The Bertz CT molecular complexity index is 517. The standard InChI is InChI=1S/C13H11BrO3/c1-16-9-4-5-12(14)11(7-9)13(15)8-10-3-2-6-17-10/h2-7H,8H2,1H3. The average molecular weight is 295 g/mol. The first-order valence-electron chi connectivity index (χ1n) is 5.10. The van der Waals surface area contributed by atoms with Crippen molar-refractivity contribution in [3.63, 3.8) is 0 Å². The lowest BCUT2D eigenvalue weighted by atomic mass is 10.1. The van der Waals surface area contributed by atoms with Crippen LogP contribution in [0.2, 0.25) is 0 Å². The van der Waals surface area contributed by atoms with Crippen molar-refractivity contribution in [3.8, 4) is 5.75 Å². The SMILES string of the molecule is COc1ccc(Br)c(C(=O)Cc2ccco2)c1. The highest BCUT2D eigenvalue weighted by Crippen LogP contribution is 2.24. The van der Waals surface area contributed by atoms with Crippen molar-refractivity contribution in [2.75, 3.05) is 7.11 Å². The molecule has 1 aromatic heterocycles. The summed E-state index contributed by atoms with van der Waals surface area (Å²) in [6, 6.07) is 8.87. The molecule has 0 saturated heterocycles. The van der Waals surface area contributed by atoms with Crippen LogP contribution >= 0.6 is 15.9 Å². The molecule has 1 heterocycles. The second-order valence-corrected chi connectivity index (χ2v) is 4.38. The van der Waals surface area contributed by atoms with Crippen LogP contribution in [0.3, 0.4) is 0 Å². The van der Waals surface area contributed by atoms with Crippen molar-refractivity contribution >= 4 is 21.7 Å². The predicted molar refractivity (Wildman–Crippen MR) is 67.4 cm³/mol. The molecule has 0 spiro atoms. The largest absolute Gasteiger partial charge is 0.497 e. The van der Waals surface area contributed by atoms with E-state index < -0.39 is 0 Å². The number of hydrogen-bond acceptors (Lipinski definition) is 3. The van der Waals surface area contributed by atoms with Gasteiger partial charge < -0.3 is 9.15 Å². The Balaban J connectivity index is 2.24. The summed E-state index contributed by atoms with van der Waals surface area (Å²) < 4.78 is 11.0. The summed E-state index contributed by atoms with van der Waals surface area (Å²) in [4.78, 5) is 12.1. The molecule has 0 radical (unpaired) electrons. The predicted octanol–water partition coefficient (Wildman–Crippen LogP) is 3.48. The Kier molecular flexibility index (Phi) is 3.64. The number of halogens is 1. The number of rotatable bonds is 4. The van der Waals surface area contributed by atoms with Crippen molar-refractivity contribution in [2.24, 2.45) is 0 Å². The van der Waals surface area contributed by atoms with Crippen molar-refractivity contribution in [2.45, 2.75) is 6.42 Å². The van der Waals surface area contributed by atoms with E-state index in [1.54, 1.807) is 43.7 Å². The summed E-state index contributed by atoms with van der Waals surface area (Å²) in [5, 5.41) is 0. The minimum absolute atomic E-state index is 0.00859. The second-order valence-electron chi connectivity index (χ2n) is 3.53. The van der Waals surface area contributed by atoms with Gasteiger partial charge in [-0.05, 0) is 30.3 Å². The van der Waals surface area contributed by atoms with Gasteiger partial charge in [-0.3, -0.25) is 4.79 Å². The number of ether oxygens (including phenoxy) is 1. The normalized spacial score (nSPS) is 10.2. The third-order valence-electron chi connectivity index (χ3n) is 2.39. The average Bonchev–Trinajstić information content (AvgIpc) is 2.82. The van der Waals surface area contributed by atoms with E-state index >= 15 is 0 Å². The van der Waals surface area contributed by atoms with Gasteiger partial charge in [0.25, 0.3) is 0 Å². The first-order valence-corrected chi connectivity index (χ1v) is 5.89. The van der Waals surface area contributed by atoms with Crippen LogP contribution < -0.4 is 4.74 Å². The smallest absolute Gasteiger partial charge is 0.171 e. The van der Waals surface area contributed by atoms with Crippen LogP contribution in [-0.4, -0.2) is 12.9 Å². The van der Waals surface area contributed by atoms with Crippen molar-refractivity contribution < 1.29 is 13.9 Å². The molecule has 4 heteroatoms. The molecule has 0 aliphatic carbocycles. The van der Waals surface area contributed by atoms with E-state index in [1.165, 1.54) is 0 Å². The summed E-state index contributed by atoms with van der Waals surface area (Å²) in [7, 11) is 1.57. The molecule has 0 atom stereocenters. The topological polar surface area (TPSA) is 39.4 Å². The molecule has 2 rings (SSSR count). The molecule has 0 aliphatic heterocycles. The van der Waals surface area contributed by atoms with Gasteiger partial charge in [-0.25, -0.2) is 0 Å². The molecule has 17 heavy (non-hydrogen) atoms. The molecule has 2 aromatic rings. The number of benzene rings is 1. The summed E-state index contributed by atoms with van der Waals surface area (Å²) in [6.45, 7) is 0. The highest BCUT2D eigenvalue weighted by Gasteiger charge is 2.13. The number of ketones is 1. The zero-order chi connectivity index (χ0) is 12.3. The Morgan fingerprint density at radius 3 is 2.88 bits per heavy atom.